The van der Waals surface area contributed by atoms with Crippen LogP contribution in [0.15, 0.2) is 89.3 Å². The molecule has 0 heterocycles. The van der Waals surface area contributed by atoms with E-state index in [-0.39, 0.29) is 11.4 Å². The van der Waals surface area contributed by atoms with Crippen LogP contribution >= 0.6 is 11.8 Å². The van der Waals surface area contributed by atoms with Crippen LogP contribution in [0, 0.1) is 0 Å². The summed E-state index contributed by atoms with van der Waals surface area (Å²) in [7, 11) is 1.90. The van der Waals surface area contributed by atoms with Crippen LogP contribution in [0.4, 0.5) is 0 Å². The number of nitrogens with zero attached hydrogens (tertiary/aromatic N) is 1. The van der Waals surface area contributed by atoms with Crippen molar-refractivity contribution in [3.8, 4) is 23.0 Å². The molecule has 4 nitrogen and oxygen atoms in total. The molecule has 0 aliphatic carbocycles. The molecular weight excluding hydrogens is 406 g/mol. The summed E-state index contributed by atoms with van der Waals surface area (Å²) >= 11 is 1.68. The maximum Gasteiger partial charge on any atom is 0.128 e. The molecule has 0 saturated heterocycles. The maximum absolute atomic E-state index is 10.1. The maximum atomic E-state index is 10.1. The Morgan fingerprint density at radius 1 is 0.903 bits per heavy atom. The summed E-state index contributed by atoms with van der Waals surface area (Å²) in [5.74, 6) is 2.53. The quantitative estimate of drug-likeness (QED) is 0.409. The minimum atomic E-state index is -0.204. The lowest BCUT2D eigenvalue weighted by molar-refractivity contribution is 0.131. The molecule has 162 valence electrons. The lowest BCUT2D eigenvalue weighted by atomic mass is 10.2. The van der Waals surface area contributed by atoms with Gasteiger partial charge in [-0.15, -0.1) is 0 Å². The van der Waals surface area contributed by atoms with E-state index in [0.29, 0.717) is 12.3 Å². The first-order valence-electron chi connectivity index (χ1n) is 10.1. The number of phenols is 1. The molecule has 0 saturated carbocycles. The molecule has 0 atom stereocenters. The molecule has 0 amide bonds. The van der Waals surface area contributed by atoms with Crippen molar-refractivity contribution >= 4 is 11.8 Å². The smallest absolute Gasteiger partial charge is 0.128 e. The largest absolute Gasteiger partial charge is 0.508 e. The lowest BCUT2D eigenvalue weighted by Crippen LogP contribution is -2.22. The van der Waals surface area contributed by atoms with Crippen molar-refractivity contribution < 1.29 is 14.6 Å². The van der Waals surface area contributed by atoms with Gasteiger partial charge in [0.05, 0.1) is 0 Å². The van der Waals surface area contributed by atoms with Gasteiger partial charge in [0.15, 0.2) is 0 Å². The Labute approximate surface area is 189 Å². The normalized spacial score (nSPS) is 11.1. The first kappa shape index (κ1) is 22.6. The van der Waals surface area contributed by atoms with Gasteiger partial charge in [0, 0.05) is 28.9 Å². The highest BCUT2D eigenvalue weighted by Gasteiger charge is 2.11. The Kier molecular flexibility index (Phi) is 7.18. The molecule has 3 rings (SSSR count). The molecule has 0 aromatic heterocycles. The van der Waals surface area contributed by atoms with Gasteiger partial charge in [0.2, 0.25) is 0 Å². The second-order valence-electron chi connectivity index (χ2n) is 8.25. The highest BCUT2D eigenvalue weighted by Crippen LogP contribution is 2.33. The second kappa shape index (κ2) is 9.84. The molecule has 3 aromatic carbocycles. The third-order valence-electron chi connectivity index (χ3n) is 4.33. The van der Waals surface area contributed by atoms with Gasteiger partial charge in [-0.05, 0) is 93.7 Å². The highest BCUT2D eigenvalue weighted by molar-refractivity contribution is 7.99. The average molecular weight is 436 g/mol. The molecule has 0 aliphatic rings. The monoisotopic (exact) mass is 435 g/mol. The molecule has 3 aromatic rings. The zero-order valence-electron chi connectivity index (χ0n) is 18.5. The van der Waals surface area contributed by atoms with Crippen LogP contribution in [0.5, 0.6) is 23.0 Å². The van der Waals surface area contributed by atoms with E-state index in [1.807, 2.05) is 75.2 Å². The summed E-state index contributed by atoms with van der Waals surface area (Å²) in [6.07, 6.45) is 1.72. The van der Waals surface area contributed by atoms with Gasteiger partial charge >= 0.3 is 0 Å². The number of hydrogen-bond acceptors (Lipinski definition) is 5. The molecule has 0 fully saturated rings. The van der Waals surface area contributed by atoms with Crippen LogP contribution in [-0.4, -0.2) is 22.7 Å². The van der Waals surface area contributed by atoms with Gasteiger partial charge in [-0.3, -0.25) is 0 Å². The molecule has 5 heteroatoms. The zero-order valence-corrected chi connectivity index (χ0v) is 19.3. The summed E-state index contributed by atoms with van der Waals surface area (Å²) in [4.78, 5) is 4.16. The van der Waals surface area contributed by atoms with Gasteiger partial charge in [-0.1, -0.05) is 18.3 Å². The van der Waals surface area contributed by atoms with E-state index < -0.39 is 0 Å². The minimum Gasteiger partial charge on any atom is -0.508 e. The summed E-state index contributed by atoms with van der Waals surface area (Å²) in [6, 6.07) is 21.3. The summed E-state index contributed by atoms with van der Waals surface area (Å²) < 4.78 is 11.8. The molecule has 0 spiro atoms. The Bertz CT molecular complexity index is 1010. The van der Waals surface area contributed by atoms with Crippen molar-refractivity contribution in [1.29, 1.82) is 0 Å². The van der Waals surface area contributed by atoms with E-state index in [1.165, 1.54) is 0 Å². The van der Waals surface area contributed by atoms with Crippen molar-refractivity contribution in [3.05, 3.63) is 85.1 Å². The van der Waals surface area contributed by atoms with Gasteiger partial charge < -0.3 is 19.5 Å². The van der Waals surface area contributed by atoms with Crippen LogP contribution in [0.1, 0.15) is 26.3 Å². The number of rotatable bonds is 8. The Balaban J connectivity index is 1.63. The molecule has 1 N–H and O–H groups in total. The highest BCUT2D eigenvalue weighted by atomic mass is 32.2. The topological polar surface area (TPSA) is 41.9 Å². The molecular formula is C26H29NO3S. The van der Waals surface area contributed by atoms with Crippen molar-refractivity contribution in [2.24, 2.45) is 0 Å². The summed E-state index contributed by atoms with van der Waals surface area (Å²) in [6.45, 7) is 10.4. The van der Waals surface area contributed by atoms with Gasteiger partial charge in [-0.25, -0.2) is 0 Å². The predicted octanol–water partition coefficient (Wildman–Crippen LogP) is 7.09. The Morgan fingerprint density at radius 3 is 2.00 bits per heavy atom. The van der Waals surface area contributed by atoms with Crippen LogP contribution in [-0.2, 0) is 6.54 Å². The molecule has 31 heavy (non-hydrogen) atoms. The fourth-order valence-corrected chi connectivity index (χ4v) is 3.68. The minimum absolute atomic E-state index is 0.204. The van der Waals surface area contributed by atoms with Crippen LogP contribution in [0.3, 0.4) is 0 Å². The first-order chi connectivity index (χ1) is 14.7. The second-order valence-corrected chi connectivity index (χ2v) is 9.40. The summed E-state index contributed by atoms with van der Waals surface area (Å²) in [5.41, 5.74) is 0.579. The molecule has 0 radical (unpaired) electrons. The number of phenolic OH excluding ortho intramolecular Hbond substituents is 1. The molecule has 0 aliphatic heterocycles. The summed E-state index contributed by atoms with van der Waals surface area (Å²) in [5, 5.41) is 10.1. The third kappa shape index (κ3) is 7.00. The average Bonchev–Trinajstić information content (AvgIpc) is 2.72. The van der Waals surface area contributed by atoms with Crippen LogP contribution < -0.4 is 9.47 Å². The fourth-order valence-electron chi connectivity index (χ4n) is 2.86. The van der Waals surface area contributed by atoms with Gasteiger partial charge in [0.25, 0.3) is 0 Å². The standard InChI is InChI=1S/C26H29NO3S/c1-6-27(5)18-19-17-22(11-16-25(19)28)29-20-7-12-23(13-8-20)31-24-14-9-21(10-15-24)30-26(2,3)4/h6-17,28H,1,18H2,2-5H3. The number of aromatic hydroxyl groups is 1. The Hall–Kier alpha value is -3.05. The number of hydrogen-bond donors (Lipinski definition) is 1. The molecule has 0 bridgehead atoms. The van der Waals surface area contributed by atoms with E-state index in [4.69, 9.17) is 9.47 Å². The van der Waals surface area contributed by atoms with Crippen molar-refractivity contribution in [2.45, 2.75) is 42.7 Å². The van der Waals surface area contributed by atoms with Gasteiger partial charge in [0.1, 0.15) is 28.6 Å². The first-order valence-corrected chi connectivity index (χ1v) is 10.9. The lowest BCUT2D eigenvalue weighted by Gasteiger charge is -2.21. The van der Waals surface area contributed by atoms with E-state index in [1.54, 1.807) is 30.1 Å². The van der Waals surface area contributed by atoms with E-state index in [2.05, 4.69) is 18.7 Å². The van der Waals surface area contributed by atoms with Crippen LogP contribution in [0.2, 0.25) is 0 Å². The Morgan fingerprint density at radius 2 is 1.45 bits per heavy atom. The number of benzene rings is 3. The fraction of sp³-hybridized carbons (Fsp3) is 0.231. The van der Waals surface area contributed by atoms with E-state index in [9.17, 15) is 5.11 Å². The van der Waals surface area contributed by atoms with Crippen molar-refractivity contribution in [1.82, 2.24) is 4.90 Å². The van der Waals surface area contributed by atoms with Gasteiger partial charge in [-0.2, -0.15) is 0 Å². The third-order valence-corrected chi connectivity index (χ3v) is 5.34. The van der Waals surface area contributed by atoms with Crippen molar-refractivity contribution in [2.75, 3.05) is 7.05 Å². The van der Waals surface area contributed by atoms with Crippen molar-refractivity contribution in [3.63, 3.8) is 0 Å². The zero-order chi connectivity index (χ0) is 22.4. The van der Waals surface area contributed by atoms with Crippen LogP contribution in [0.25, 0.3) is 0 Å². The SMILES string of the molecule is C=CN(C)Cc1cc(Oc2ccc(Sc3ccc(OC(C)(C)C)cc3)cc2)ccc1O. The van der Waals surface area contributed by atoms with E-state index in [0.717, 1.165) is 26.9 Å². The van der Waals surface area contributed by atoms with E-state index >= 15 is 0 Å². The number of ether oxygens (including phenoxy) is 2. The predicted molar refractivity (Wildman–Crippen MR) is 127 cm³/mol. The molecule has 0 unspecified atom stereocenters.